The van der Waals surface area contributed by atoms with Gasteiger partial charge in [-0.2, -0.15) is 5.10 Å². The zero-order valence-electron chi connectivity index (χ0n) is 12.3. The van der Waals surface area contributed by atoms with Gasteiger partial charge in [-0.3, -0.25) is 4.79 Å². The summed E-state index contributed by atoms with van der Waals surface area (Å²) in [6.45, 7) is 2.00. The lowest BCUT2D eigenvalue weighted by molar-refractivity contribution is -0.119. The summed E-state index contributed by atoms with van der Waals surface area (Å²) in [5.74, 6) is 0.695. The van der Waals surface area contributed by atoms with E-state index in [0.717, 1.165) is 30.0 Å². The second kappa shape index (κ2) is 8.24. The Hall–Kier alpha value is -2.27. The van der Waals surface area contributed by atoms with Gasteiger partial charge in [0.05, 0.1) is 12.8 Å². The molecule has 0 spiro atoms. The van der Waals surface area contributed by atoms with Gasteiger partial charge >= 0.3 is 0 Å². The van der Waals surface area contributed by atoms with Gasteiger partial charge in [0.15, 0.2) is 0 Å². The largest absolute Gasteiger partial charge is 0.469 e. The lowest BCUT2D eigenvalue weighted by Crippen LogP contribution is -2.26. The highest BCUT2D eigenvalue weighted by Gasteiger charge is 2.02. The average Bonchev–Trinajstić information content (AvgIpc) is 3.02. The van der Waals surface area contributed by atoms with Crippen molar-refractivity contribution >= 4 is 28.9 Å². The Kier molecular flexibility index (Phi) is 6.03. The number of halogens is 1. The maximum absolute atomic E-state index is 11.7. The first-order chi connectivity index (χ1) is 10.6. The van der Waals surface area contributed by atoms with Crippen molar-refractivity contribution in [2.45, 2.75) is 19.8 Å². The van der Waals surface area contributed by atoms with E-state index in [4.69, 9.17) is 16.0 Å². The lowest BCUT2D eigenvalue weighted by Gasteiger charge is -2.06. The molecular formula is C16H18ClN3O2. The number of hydrazone groups is 1. The number of nitrogens with one attached hydrogen (secondary N) is 2. The number of nitrogens with zero attached hydrogens (tertiary/aromatic N) is 1. The number of benzene rings is 1. The molecular weight excluding hydrogens is 302 g/mol. The molecule has 0 saturated carbocycles. The van der Waals surface area contributed by atoms with Gasteiger partial charge in [0, 0.05) is 22.8 Å². The van der Waals surface area contributed by atoms with Crippen LogP contribution in [0.3, 0.4) is 0 Å². The third-order valence-corrected chi connectivity index (χ3v) is 3.20. The van der Waals surface area contributed by atoms with Crippen LogP contribution in [0.2, 0.25) is 5.02 Å². The summed E-state index contributed by atoms with van der Waals surface area (Å²) in [6.07, 6.45) is 3.14. The number of carbonyl (C=O) groups is 1. The van der Waals surface area contributed by atoms with Crippen molar-refractivity contribution in [3.05, 3.63) is 53.4 Å². The van der Waals surface area contributed by atoms with Gasteiger partial charge < -0.3 is 9.73 Å². The number of hydrogen-bond acceptors (Lipinski definition) is 4. The summed E-state index contributed by atoms with van der Waals surface area (Å²) in [5, 5.41) is 7.67. The normalized spacial score (nSPS) is 11.3. The van der Waals surface area contributed by atoms with E-state index in [0.29, 0.717) is 5.02 Å². The molecule has 0 unspecified atom stereocenters. The monoisotopic (exact) mass is 319 g/mol. The van der Waals surface area contributed by atoms with Crippen LogP contribution in [0, 0.1) is 0 Å². The highest BCUT2D eigenvalue weighted by Crippen LogP contribution is 2.14. The summed E-state index contributed by atoms with van der Waals surface area (Å²) in [5.41, 5.74) is 4.15. The molecule has 22 heavy (non-hydrogen) atoms. The number of aryl methyl sites for hydroxylation is 1. The van der Waals surface area contributed by atoms with E-state index in [-0.39, 0.29) is 12.5 Å². The lowest BCUT2D eigenvalue weighted by atomic mass is 10.2. The van der Waals surface area contributed by atoms with E-state index in [1.54, 1.807) is 18.4 Å². The van der Waals surface area contributed by atoms with Gasteiger partial charge in [-0.15, -0.1) is 0 Å². The van der Waals surface area contributed by atoms with Crippen LogP contribution in [0.4, 0.5) is 5.69 Å². The molecule has 2 N–H and O–H groups in total. The fraction of sp³-hybridized carbons (Fsp3) is 0.250. The Morgan fingerprint density at radius 2 is 2.18 bits per heavy atom. The predicted octanol–water partition coefficient (Wildman–Crippen LogP) is 3.47. The molecule has 0 saturated heterocycles. The van der Waals surface area contributed by atoms with Crippen LogP contribution in [-0.4, -0.2) is 18.2 Å². The third-order valence-electron chi connectivity index (χ3n) is 2.96. The minimum atomic E-state index is -0.211. The molecule has 2 rings (SSSR count). The number of hydrogen-bond donors (Lipinski definition) is 2. The van der Waals surface area contributed by atoms with Gasteiger partial charge in [0.1, 0.15) is 5.76 Å². The summed E-state index contributed by atoms with van der Waals surface area (Å²) in [6, 6.07) is 11.0. The van der Waals surface area contributed by atoms with Gasteiger partial charge in [0.2, 0.25) is 0 Å². The number of rotatable bonds is 7. The van der Waals surface area contributed by atoms with Crippen LogP contribution in [0.15, 0.2) is 52.2 Å². The van der Waals surface area contributed by atoms with E-state index in [9.17, 15) is 4.79 Å². The van der Waals surface area contributed by atoms with Crippen molar-refractivity contribution in [2.24, 2.45) is 5.10 Å². The smallest absolute Gasteiger partial charge is 0.259 e. The summed E-state index contributed by atoms with van der Waals surface area (Å²) < 4.78 is 5.24. The summed E-state index contributed by atoms with van der Waals surface area (Å²) >= 11 is 5.87. The number of amides is 1. The van der Waals surface area contributed by atoms with Crippen LogP contribution < -0.4 is 10.7 Å². The zero-order valence-corrected chi connectivity index (χ0v) is 13.1. The standard InChI is InChI=1S/C16H18ClN3O2/c1-12(7-8-15-6-3-9-22-15)19-20-16(21)11-18-14-5-2-4-13(17)10-14/h2-6,9-10,18H,7-8,11H2,1H3,(H,20,21)/b19-12+. The first kappa shape index (κ1) is 16.1. The molecule has 0 aliphatic rings. The Bertz CT molecular complexity index is 639. The van der Waals surface area contributed by atoms with E-state index < -0.39 is 0 Å². The average molecular weight is 320 g/mol. The highest BCUT2D eigenvalue weighted by molar-refractivity contribution is 6.30. The van der Waals surface area contributed by atoms with Gasteiger partial charge in [-0.1, -0.05) is 17.7 Å². The quantitative estimate of drug-likeness (QED) is 0.606. The van der Waals surface area contributed by atoms with Crippen LogP contribution in [0.5, 0.6) is 0 Å². The zero-order chi connectivity index (χ0) is 15.8. The molecule has 0 radical (unpaired) electrons. The maximum Gasteiger partial charge on any atom is 0.259 e. The topological polar surface area (TPSA) is 66.6 Å². The highest BCUT2D eigenvalue weighted by atomic mass is 35.5. The van der Waals surface area contributed by atoms with Crippen LogP contribution in [-0.2, 0) is 11.2 Å². The molecule has 0 aliphatic carbocycles. The van der Waals surface area contributed by atoms with Crippen molar-refractivity contribution in [3.63, 3.8) is 0 Å². The number of furan rings is 1. The molecule has 1 amide bonds. The first-order valence-corrected chi connectivity index (χ1v) is 7.35. The SMILES string of the molecule is C/C(CCc1ccco1)=N\NC(=O)CNc1cccc(Cl)c1. The molecule has 1 heterocycles. The van der Waals surface area contributed by atoms with Crippen LogP contribution >= 0.6 is 11.6 Å². The van der Waals surface area contributed by atoms with Gasteiger partial charge in [0.25, 0.3) is 5.91 Å². The van der Waals surface area contributed by atoms with Gasteiger partial charge in [-0.25, -0.2) is 5.43 Å². The number of anilines is 1. The summed E-state index contributed by atoms with van der Waals surface area (Å²) in [4.78, 5) is 11.7. The minimum Gasteiger partial charge on any atom is -0.469 e. The summed E-state index contributed by atoms with van der Waals surface area (Å²) in [7, 11) is 0. The molecule has 0 bridgehead atoms. The van der Waals surface area contributed by atoms with E-state index in [2.05, 4.69) is 15.8 Å². The van der Waals surface area contributed by atoms with Crippen molar-refractivity contribution in [1.82, 2.24) is 5.43 Å². The Balaban J connectivity index is 1.71. The fourth-order valence-electron chi connectivity index (χ4n) is 1.79. The molecule has 5 nitrogen and oxygen atoms in total. The molecule has 0 aliphatic heterocycles. The van der Waals surface area contributed by atoms with Crippen molar-refractivity contribution in [2.75, 3.05) is 11.9 Å². The molecule has 1 aromatic heterocycles. The van der Waals surface area contributed by atoms with Crippen molar-refractivity contribution in [1.29, 1.82) is 0 Å². The van der Waals surface area contributed by atoms with Crippen molar-refractivity contribution in [3.8, 4) is 0 Å². The van der Waals surface area contributed by atoms with Gasteiger partial charge in [-0.05, 0) is 43.7 Å². The molecule has 0 atom stereocenters. The Morgan fingerprint density at radius 1 is 1.32 bits per heavy atom. The predicted molar refractivity (Wildman–Crippen MR) is 88.2 cm³/mol. The molecule has 6 heteroatoms. The minimum absolute atomic E-state index is 0.134. The second-order valence-corrected chi connectivity index (χ2v) is 5.26. The maximum atomic E-state index is 11.7. The third kappa shape index (κ3) is 5.61. The van der Waals surface area contributed by atoms with Crippen LogP contribution in [0.25, 0.3) is 0 Å². The van der Waals surface area contributed by atoms with E-state index >= 15 is 0 Å². The van der Waals surface area contributed by atoms with E-state index in [1.807, 2.05) is 31.2 Å². The second-order valence-electron chi connectivity index (χ2n) is 4.83. The molecule has 2 aromatic rings. The van der Waals surface area contributed by atoms with Crippen molar-refractivity contribution < 1.29 is 9.21 Å². The fourth-order valence-corrected chi connectivity index (χ4v) is 1.98. The van der Waals surface area contributed by atoms with Crippen LogP contribution in [0.1, 0.15) is 19.1 Å². The Labute approximate surface area is 134 Å². The molecule has 1 aromatic carbocycles. The Morgan fingerprint density at radius 3 is 2.91 bits per heavy atom. The van der Waals surface area contributed by atoms with E-state index in [1.165, 1.54) is 0 Å². The first-order valence-electron chi connectivity index (χ1n) is 6.97. The molecule has 116 valence electrons. The number of carbonyl (C=O) groups excluding carboxylic acids is 1. The molecule has 0 fully saturated rings.